The highest BCUT2D eigenvalue weighted by molar-refractivity contribution is 5.76. The van der Waals surface area contributed by atoms with Gasteiger partial charge in [0.1, 0.15) is 0 Å². The van der Waals surface area contributed by atoms with Gasteiger partial charge in [0.05, 0.1) is 14.2 Å². The van der Waals surface area contributed by atoms with E-state index in [-0.39, 0.29) is 5.91 Å². The van der Waals surface area contributed by atoms with Gasteiger partial charge in [-0.2, -0.15) is 0 Å². The highest BCUT2D eigenvalue weighted by Crippen LogP contribution is 2.33. The highest BCUT2D eigenvalue weighted by Gasteiger charge is 2.22. The molecular weight excluding hydrogens is 316 g/mol. The number of benzene rings is 1. The zero-order chi connectivity index (χ0) is 17.6. The molecule has 5 heteroatoms. The maximum absolute atomic E-state index is 12.5. The fraction of sp³-hybridized carbons (Fsp3) is 0.650. The van der Waals surface area contributed by atoms with Crippen molar-refractivity contribution >= 4 is 5.91 Å². The molecule has 0 spiro atoms. The summed E-state index contributed by atoms with van der Waals surface area (Å²) >= 11 is 0. The Hall–Kier alpha value is -1.75. The van der Waals surface area contributed by atoms with Crippen molar-refractivity contribution in [3.8, 4) is 11.5 Å². The van der Waals surface area contributed by atoms with Crippen LogP contribution in [0, 0.1) is 0 Å². The maximum Gasteiger partial charge on any atom is 0.222 e. The van der Waals surface area contributed by atoms with Crippen LogP contribution in [0.5, 0.6) is 11.5 Å². The summed E-state index contributed by atoms with van der Waals surface area (Å²) in [6, 6.07) is 4.73. The quantitative estimate of drug-likeness (QED) is 0.771. The van der Waals surface area contributed by atoms with E-state index < -0.39 is 0 Å². The van der Waals surface area contributed by atoms with E-state index in [9.17, 15) is 4.79 Å². The minimum absolute atomic E-state index is 0.258. The van der Waals surface area contributed by atoms with Gasteiger partial charge in [0.15, 0.2) is 11.5 Å². The number of hydrogen-bond acceptors (Lipinski definition) is 4. The smallest absolute Gasteiger partial charge is 0.222 e. The van der Waals surface area contributed by atoms with Crippen LogP contribution in [0.4, 0.5) is 0 Å². The molecule has 25 heavy (non-hydrogen) atoms. The van der Waals surface area contributed by atoms with Gasteiger partial charge in [-0.25, -0.2) is 0 Å². The van der Waals surface area contributed by atoms with Gasteiger partial charge in [-0.3, -0.25) is 4.79 Å². The van der Waals surface area contributed by atoms with Crippen LogP contribution in [0.15, 0.2) is 12.1 Å². The SMILES string of the molecule is COc1cc2c(cc1OC)CN(C(=O)CCCNC1CCCC1)CC2. The molecule has 1 heterocycles. The lowest BCUT2D eigenvalue weighted by molar-refractivity contribution is -0.132. The molecule has 1 N–H and O–H groups in total. The van der Waals surface area contributed by atoms with Crippen molar-refractivity contribution in [2.24, 2.45) is 0 Å². The molecule has 1 aliphatic heterocycles. The van der Waals surface area contributed by atoms with Gasteiger partial charge in [-0.15, -0.1) is 0 Å². The Bertz CT molecular complexity index is 597. The zero-order valence-corrected chi connectivity index (χ0v) is 15.5. The second kappa shape index (κ2) is 8.56. The van der Waals surface area contributed by atoms with Crippen LogP contribution in [-0.4, -0.2) is 44.2 Å². The fourth-order valence-corrected chi connectivity index (χ4v) is 3.93. The number of nitrogens with zero attached hydrogens (tertiary/aromatic N) is 1. The third kappa shape index (κ3) is 4.46. The molecule has 1 fully saturated rings. The lowest BCUT2D eigenvalue weighted by Crippen LogP contribution is -2.36. The van der Waals surface area contributed by atoms with E-state index in [1.165, 1.54) is 36.8 Å². The Morgan fingerprint density at radius 3 is 2.52 bits per heavy atom. The number of ether oxygens (including phenoxy) is 2. The first kappa shape index (κ1) is 18.1. The number of hydrogen-bond donors (Lipinski definition) is 1. The standard InChI is InChI=1S/C20H30N2O3/c1-24-18-12-15-9-11-22(14-16(15)13-19(18)25-2)20(23)8-5-10-21-17-6-3-4-7-17/h12-13,17,21H,3-11,14H2,1-2H3. The third-order valence-electron chi connectivity index (χ3n) is 5.43. The lowest BCUT2D eigenvalue weighted by atomic mass is 9.98. The van der Waals surface area contributed by atoms with Crippen LogP contribution in [0.3, 0.4) is 0 Å². The van der Waals surface area contributed by atoms with Crippen LogP contribution in [0.1, 0.15) is 49.7 Å². The molecule has 2 aliphatic rings. The molecule has 1 aromatic carbocycles. The summed E-state index contributed by atoms with van der Waals surface area (Å²) < 4.78 is 10.8. The average Bonchev–Trinajstić information content (AvgIpc) is 3.16. The third-order valence-corrected chi connectivity index (χ3v) is 5.43. The van der Waals surface area contributed by atoms with Crippen molar-refractivity contribution in [3.63, 3.8) is 0 Å². The minimum atomic E-state index is 0.258. The summed E-state index contributed by atoms with van der Waals surface area (Å²) in [6.45, 7) is 2.41. The predicted octanol–water partition coefficient (Wildman–Crippen LogP) is 2.90. The highest BCUT2D eigenvalue weighted by atomic mass is 16.5. The maximum atomic E-state index is 12.5. The minimum Gasteiger partial charge on any atom is -0.493 e. The van der Waals surface area contributed by atoms with Gasteiger partial charge in [-0.05, 0) is 55.5 Å². The summed E-state index contributed by atoms with van der Waals surface area (Å²) in [4.78, 5) is 14.5. The normalized spacial score (nSPS) is 17.4. The van der Waals surface area contributed by atoms with Crippen molar-refractivity contribution in [1.29, 1.82) is 0 Å². The molecule has 0 bridgehead atoms. The van der Waals surface area contributed by atoms with Crippen molar-refractivity contribution in [2.75, 3.05) is 27.3 Å². The largest absolute Gasteiger partial charge is 0.493 e. The van der Waals surface area contributed by atoms with Gasteiger partial charge in [0.2, 0.25) is 5.91 Å². The van der Waals surface area contributed by atoms with Crippen molar-refractivity contribution in [1.82, 2.24) is 10.2 Å². The number of carbonyl (C=O) groups is 1. The summed E-state index contributed by atoms with van der Waals surface area (Å²) in [5, 5.41) is 3.58. The summed E-state index contributed by atoms with van der Waals surface area (Å²) in [7, 11) is 3.30. The van der Waals surface area contributed by atoms with E-state index in [0.29, 0.717) is 19.0 Å². The van der Waals surface area contributed by atoms with Crippen molar-refractivity contribution in [2.45, 2.75) is 57.5 Å². The Morgan fingerprint density at radius 2 is 1.84 bits per heavy atom. The Labute approximate surface area is 150 Å². The number of methoxy groups -OCH3 is 2. The molecule has 5 nitrogen and oxygen atoms in total. The Balaban J connectivity index is 1.50. The van der Waals surface area contributed by atoms with E-state index in [0.717, 1.165) is 37.4 Å². The van der Waals surface area contributed by atoms with E-state index in [1.807, 2.05) is 17.0 Å². The van der Waals surface area contributed by atoms with E-state index in [2.05, 4.69) is 5.32 Å². The van der Waals surface area contributed by atoms with Crippen LogP contribution >= 0.6 is 0 Å². The van der Waals surface area contributed by atoms with Crippen molar-refractivity contribution in [3.05, 3.63) is 23.3 Å². The van der Waals surface area contributed by atoms with Crippen LogP contribution < -0.4 is 14.8 Å². The first-order chi connectivity index (χ1) is 12.2. The number of nitrogens with one attached hydrogen (secondary N) is 1. The van der Waals surface area contributed by atoms with Gasteiger partial charge in [0, 0.05) is 25.6 Å². The second-order valence-corrected chi connectivity index (χ2v) is 7.08. The van der Waals surface area contributed by atoms with Gasteiger partial charge >= 0.3 is 0 Å². The molecule has 0 saturated heterocycles. The van der Waals surface area contributed by atoms with Gasteiger partial charge in [-0.1, -0.05) is 12.8 Å². The molecule has 1 saturated carbocycles. The monoisotopic (exact) mass is 346 g/mol. The van der Waals surface area contributed by atoms with E-state index in [4.69, 9.17) is 9.47 Å². The van der Waals surface area contributed by atoms with Gasteiger partial charge in [0.25, 0.3) is 0 Å². The molecule has 1 amide bonds. The molecule has 1 aromatic rings. The summed E-state index contributed by atoms with van der Waals surface area (Å²) in [5.41, 5.74) is 2.42. The van der Waals surface area contributed by atoms with Crippen molar-refractivity contribution < 1.29 is 14.3 Å². The summed E-state index contributed by atoms with van der Waals surface area (Å²) in [5.74, 6) is 1.75. The molecule has 138 valence electrons. The molecule has 1 aliphatic carbocycles. The average molecular weight is 346 g/mol. The first-order valence-corrected chi connectivity index (χ1v) is 9.46. The van der Waals surface area contributed by atoms with Crippen LogP contribution in [0.25, 0.3) is 0 Å². The predicted molar refractivity (Wildman–Crippen MR) is 98.2 cm³/mol. The topological polar surface area (TPSA) is 50.8 Å². The second-order valence-electron chi connectivity index (χ2n) is 7.08. The lowest BCUT2D eigenvalue weighted by Gasteiger charge is -2.30. The van der Waals surface area contributed by atoms with E-state index in [1.54, 1.807) is 14.2 Å². The molecule has 3 rings (SSSR count). The molecule has 0 radical (unpaired) electrons. The molecule has 0 unspecified atom stereocenters. The molecular formula is C20H30N2O3. The number of amides is 1. The zero-order valence-electron chi connectivity index (χ0n) is 15.5. The van der Waals surface area contributed by atoms with Gasteiger partial charge < -0.3 is 19.7 Å². The first-order valence-electron chi connectivity index (χ1n) is 9.46. The van der Waals surface area contributed by atoms with E-state index >= 15 is 0 Å². The fourth-order valence-electron chi connectivity index (χ4n) is 3.93. The van der Waals surface area contributed by atoms with Crippen LogP contribution in [0.2, 0.25) is 0 Å². The molecule has 0 aromatic heterocycles. The number of carbonyl (C=O) groups excluding carboxylic acids is 1. The Kier molecular flexibility index (Phi) is 6.19. The molecule has 0 atom stereocenters. The Morgan fingerprint density at radius 1 is 1.16 bits per heavy atom. The number of fused-ring (bicyclic) bond motifs is 1. The van der Waals surface area contributed by atoms with Crippen LogP contribution in [-0.2, 0) is 17.8 Å². The number of rotatable bonds is 7. The summed E-state index contributed by atoms with van der Waals surface area (Å²) in [6.07, 6.45) is 7.70.